The van der Waals surface area contributed by atoms with E-state index in [1.54, 1.807) is 12.1 Å². The summed E-state index contributed by atoms with van der Waals surface area (Å²) < 4.78 is 31.0. The second kappa shape index (κ2) is 7.48. The van der Waals surface area contributed by atoms with Crippen LogP contribution in [0.1, 0.15) is 12.5 Å². The first kappa shape index (κ1) is 17.3. The van der Waals surface area contributed by atoms with Gasteiger partial charge in [-0.25, -0.2) is 0 Å². The molecule has 0 atom stereocenters. The summed E-state index contributed by atoms with van der Waals surface area (Å²) in [5.41, 5.74) is 3.24. The molecule has 124 valence electrons. The highest BCUT2D eigenvalue weighted by molar-refractivity contribution is 7.85. The Kier molecular flexibility index (Phi) is 5.63. The van der Waals surface area contributed by atoms with Gasteiger partial charge < -0.3 is 10.2 Å². The summed E-state index contributed by atoms with van der Waals surface area (Å²) in [6.45, 7) is 6.66. The van der Waals surface area contributed by atoms with Gasteiger partial charge in [-0.1, -0.05) is 12.1 Å². The number of rotatable bonds is 7. The summed E-state index contributed by atoms with van der Waals surface area (Å²) in [5.74, 6) is 0. The Morgan fingerprint density at radius 2 is 1.83 bits per heavy atom. The maximum absolute atomic E-state index is 11.0. The van der Waals surface area contributed by atoms with Gasteiger partial charge in [-0.05, 0) is 55.8 Å². The van der Waals surface area contributed by atoms with Crippen molar-refractivity contribution < 1.29 is 13.0 Å². The van der Waals surface area contributed by atoms with Gasteiger partial charge in [0.1, 0.15) is 0 Å². The average Bonchev–Trinajstić information content (AvgIpc) is 2.51. The fourth-order valence-electron chi connectivity index (χ4n) is 2.37. The van der Waals surface area contributed by atoms with Crippen LogP contribution in [0, 0.1) is 6.92 Å². The Hall–Kier alpha value is -2.05. The van der Waals surface area contributed by atoms with Gasteiger partial charge >= 0.3 is 0 Å². The van der Waals surface area contributed by atoms with Crippen LogP contribution in [-0.2, 0) is 10.1 Å². The van der Waals surface area contributed by atoms with Crippen LogP contribution in [0.3, 0.4) is 0 Å². The minimum atomic E-state index is -4.13. The summed E-state index contributed by atoms with van der Waals surface area (Å²) in [5, 5.41) is 3.25. The Morgan fingerprint density at radius 3 is 2.39 bits per heavy atom. The van der Waals surface area contributed by atoms with Gasteiger partial charge in [-0.3, -0.25) is 4.55 Å². The van der Waals surface area contributed by atoms with E-state index < -0.39 is 10.1 Å². The zero-order valence-corrected chi connectivity index (χ0v) is 14.2. The molecule has 0 radical (unpaired) electrons. The standard InChI is InChI=1S/C17H22N2O3S/c1-3-19(16-6-4-5-14(2)13-16)12-11-18-15-7-9-17(10-8-15)23(20,21)22/h4-10,13,18H,3,11-12H2,1-2H3,(H,20,21,22). The molecule has 0 saturated carbocycles. The van der Waals surface area contributed by atoms with Crippen molar-refractivity contribution >= 4 is 21.5 Å². The maximum atomic E-state index is 11.0. The maximum Gasteiger partial charge on any atom is 0.294 e. The van der Waals surface area contributed by atoms with E-state index in [4.69, 9.17) is 4.55 Å². The molecule has 5 nitrogen and oxygen atoms in total. The lowest BCUT2D eigenvalue weighted by Crippen LogP contribution is -2.28. The second-order valence-corrected chi connectivity index (χ2v) is 6.77. The first-order valence-corrected chi connectivity index (χ1v) is 8.97. The van der Waals surface area contributed by atoms with E-state index in [1.165, 1.54) is 23.4 Å². The SMILES string of the molecule is CCN(CCNc1ccc(S(=O)(=O)O)cc1)c1cccc(C)c1. The molecule has 2 rings (SSSR count). The van der Waals surface area contributed by atoms with Gasteiger partial charge in [0.25, 0.3) is 10.1 Å². The molecule has 23 heavy (non-hydrogen) atoms. The van der Waals surface area contributed by atoms with Crippen molar-refractivity contribution in [2.75, 3.05) is 29.9 Å². The van der Waals surface area contributed by atoms with Gasteiger partial charge in [0.15, 0.2) is 0 Å². The lowest BCUT2D eigenvalue weighted by atomic mass is 10.2. The molecule has 0 aliphatic rings. The van der Waals surface area contributed by atoms with E-state index in [0.29, 0.717) is 0 Å². The summed E-state index contributed by atoms with van der Waals surface area (Å²) in [6.07, 6.45) is 0. The Balaban J connectivity index is 1.93. The minimum Gasteiger partial charge on any atom is -0.383 e. The van der Waals surface area contributed by atoms with Gasteiger partial charge in [0, 0.05) is 31.0 Å². The molecule has 0 aliphatic heterocycles. The summed E-state index contributed by atoms with van der Waals surface area (Å²) in [4.78, 5) is 2.17. The van der Waals surface area contributed by atoms with Crippen LogP contribution in [0.4, 0.5) is 11.4 Å². The van der Waals surface area contributed by atoms with Crippen molar-refractivity contribution in [3.8, 4) is 0 Å². The molecule has 0 saturated heterocycles. The van der Waals surface area contributed by atoms with E-state index in [9.17, 15) is 8.42 Å². The molecular formula is C17H22N2O3S. The molecule has 6 heteroatoms. The summed E-state index contributed by atoms with van der Waals surface area (Å²) in [6, 6.07) is 14.4. The molecule has 0 fully saturated rings. The first-order chi connectivity index (χ1) is 10.9. The molecule has 0 unspecified atom stereocenters. The van der Waals surface area contributed by atoms with E-state index in [1.807, 2.05) is 0 Å². The van der Waals surface area contributed by atoms with Crippen molar-refractivity contribution in [3.05, 3.63) is 54.1 Å². The number of aryl methyl sites for hydroxylation is 1. The van der Waals surface area contributed by atoms with Crippen LogP contribution in [0.2, 0.25) is 0 Å². The quantitative estimate of drug-likeness (QED) is 0.761. The predicted molar refractivity (Wildman–Crippen MR) is 93.8 cm³/mol. The molecule has 0 heterocycles. The zero-order valence-electron chi connectivity index (χ0n) is 13.4. The van der Waals surface area contributed by atoms with Gasteiger partial charge in [0.2, 0.25) is 0 Å². The normalized spacial score (nSPS) is 11.3. The lowest BCUT2D eigenvalue weighted by molar-refractivity contribution is 0.483. The van der Waals surface area contributed by atoms with Crippen molar-refractivity contribution in [3.63, 3.8) is 0 Å². The fraction of sp³-hybridized carbons (Fsp3) is 0.294. The number of hydrogen-bond acceptors (Lipinski definition) is 4. The van der Waals surface area contributed by atoms with Crippen LogP contribution in [-0.4, -0.2) is 32.6 Å². The van der Waals surface area contributed by atoms with Gasteiger partial charge in [0.05, 0.1) is 4.90 Å². The monoisotopic (exact) mass is 334 g/mol. The number of anilines is 2. The average molecular weight is 334 g/mol. The molecule has 2 aromatic rings. The number of likely N-dealkylation sites (N-methyl/N-ethyl adjacent to an activating group) is 1. The topological polar surface area (TPSA) is 69.6 Å². The lowest BCUT2D eigenvalue weighted by Gasteiger charge is -2.24. The summed E-state index contributed by atoms with van der Waals surface area (Å²) >= 11 is 0. The third kappa shape index (κ3) is 4.97. The fourth-order valence-corrected chi connectivity index (χ4v) is 2.85. The molecule has 2 aromatic carbocycles. The van der Waals surface area contributed by atoms with Crippen molar-refractivity contribution in [1.82, 2.24) is 0 Å². The Labute approximate surface area is 137 Å². The van der Waals surface area contributed by atoms with E-state index in [-0.39, 0.29) is 4.90 Å². The van der Waals surface area contributed by atoms with Crippen LogP contribution in [0.25, 0.3) is 0 Å². The molecule has 0 aliphatic carbocycles. The molecular weight excluding hydrogens is 312 g/mol. The van der Waals surface area contributed by atoms with Crippen LogP contribution >= 0.6 is 0 Å². The van der Waals surface area contributed by atoms with Gasteiger partial charge in [-0.15, -0.1) is 0 Å². The third-order valence-electron chi connectivity index (χ3n) is 3.61. The Bertz CT molecular complexity index is 743. The van der Waals surface area contributed by atoms with Gasteiger partial charge in [-0.2, -0.15) is 8.42 Å². The predicted octanol–water partition coefficient (Wildman–Crippen LogP) is 3.18. The van der Waals surface area contributed by atoms with E-state index >= 15 is 0 Å². The second-order valence-electron chi connectivity index (χ2n) is 5.34. The number of nitrogens with zero attached hydrogens (tertiary/aromatic N) is 1. The number of benzene rings is 2. The molecule has 0 aromatic heterocycles. The van der Waals surface area contributed by atoms with Crippen molar-refractivity contribution in [2.45, 2.75) is 18.7 Å². The van der Waals surface area contributed by atoms with Crippen LogP contribution < -0.4 is 10.2 Å². The highest BCUT2D eigenvalue weighted by Gasteiger charge is 2.08. The smallest absolute Gasteiger partial charge is 0.294 e. The molecule has 0 amide bonds. The highest BCUT2D eigenvalue weighted by atomic mass is 32.2. The number of hydrogen-bond donors (Lipinski definition) is 2. The van der Waals surface area contributed by atoms with Crippen LogP contribution in [0.15, 0.2) is 53.4 Å². The minimum absolute atomic E-state index is 0.0991. The Morgan fingerprint density at radius 1 is 1.13 bits per heavy atom. The largest absolute Gasteiger partial charge is 0.383 e. The molecule has 0 spiro atoms. The summed E-state index contributed by atoms with van der Waals surface area (Å²) in [7, 11) is -4.13. The molecule has 0 bridgehead atoms. The highest BCUT2D eigenvalue weighted by Crippen LogP contribution is 2.16. The first-order valence-electron chi connectivity index (χ1n) is 7.53. The molecule has 2 N–H and O–H groups in total. The van der Waals surface area contributed by atoms with Crippen molar-refractivity contribution in [1.29, 1.82) is 0 Å². The van der Waals surface area contributed by atoms with Crippen LogP contribution in [0.5, 0.6) is 0 Å². The zero-order chi connectivity index (χ0) is 16.9. The van der Waals surface area contributed by atoms with E-state index in [2.05, 4.69) is 48.3 Å². The van der Waals surface area contributed by atoms with Crippen molar-refractivity contribution in [2.24, 2.45) is 0 Å². The van der Waals surface area contributed by atoms with E-state index in [0.717, 1.165) is 25.3 Å². The number of nitrogens with one attached hydrogen (secondary N) is 1. The third-order valence-corrected chi connectivity index (χ3v) is 4.48.